The average Bonchev–Trinajstić information content (AvgIpc) is 2.25. The van der Waals surface area contributed by atoms with Gasteiger partial charge >= 0.3 is 0 Å². The Bertz CT molecular complexity index is 235. The minimum atomic E-state index is 0.221. The second-order valence-corrected chi connectivity index (χ2v) is 3.25. The van der Waals surface area contributed by atoms with Crippen molar-refractivity contribution in [1.29, 1.82) is 0 Å². The molecule has 0 unspecified atom stereocenters. The molecule has 0 saturated heterocycles. The molecule has 1 aromatic rings. The molecule has 0 saturated carbocycles. The molecule has 0 fully saturated rings. The van der Waals surface area contributed by atoms with Gasteiger partial charge in [0.15, 0.2) is 0 Å². The van der Waals surface area contributed by atoms with Crippen molar-refractivity contribution in [2.45, 2.75) is 13.3 Å². The van der Waals surface area contributed by atoms with Crippen LogP contribution in [0.25, 0.3) is 0 Å². The maximum absolute atomic E-state index is 8.80. The van der Waals surface area contributed by atoms with Gasteiger partial charge in [0.1, 0.15) is 0 Å². The second kappa shape index (κ2) is 6.57. The summed E-state index contributed by atoms with van der Waals surface area (Å²) in [5, 5.41) is 8.80. The van der Waals surface area contributed by atoms with E-state index >= 15 is 0 Å². The number of hydrogen-bond donors (Lipinski definition) is 1. The van der Waals surface area contributed by atoms with Gasteiger partial charge in [-0.1, -0.05) is 30.3 Å². The highest BCUT2D eigenvalue weighted by molar-refractivity contribution is 5.14. The first kappa shape index (κ1) is 11.2. The summed E-state index contributed by atoms with van der Waals surface area (Å²) in [6.07, 6.45) is 1.03. The van der Waals surface area contributed by atoms with E-state index in [0.29, 0.717) is 0 Å². The zero-order valence-corrected chi connectivity index (χ0v) is 8.69. The highest BCUT2D eigenvalue weighted by atomic mass is 16.3. The smallest absolute Gasteiger partial charge is 0.0558 e. The molecule has 77 valence electrons. The molecule has 1 rings (SSSR count). The van der Waals surface area contributed by atoms with Crippen molar-refractivity contribution in [2.75, 3.05) is 19.7 Å². The third-order valence-corrected chi connectivity index (χ3v) is 2.28. The highest BCUT2D eigenvalue weighted by Gasteiger charge is 2.01. The normalized spacial score (nSPS) is 10.8. The summed E-state index contributed by atoms with van der Waals surface area (Å²) < 4.78 is 0. The van der Waals surface area contributed by atoms with Crippen molar-refractivity contribution in [2.24, 2.45) is 0 Å². The largest absolute Gasteiger partial charge is 0.395 e. The number of aliphatic hydroxyl groups excluding tert-OH is 1. The Labute approximate surface area is 86.2 Å². The van der Waals surface area contributed by atoms with Crippen LogP contribution in [-0.4, -0.2) is 29.7 Å². The lowest BCUT2D eigenvalue weighted by Gasteiger charge is -2.18. The van der Waals surface area contributed by atoms with Crippen LogP contribution in [0, 0.1) is 6.54 Å². The maximum atomic E-state index is 8.80. The molecule has 1 radical (unpaired) electrons. The van der Waals surface area contributed by atoms with E-state index in [0.717, 1.165) is 19.5 Å². The summed E-state index contributed by atoms with van der Waals surface area (Å²) in [6.45, 7) is 5.95. The Morgan fingerprint density at radius 2 is 1.93 bits per heavy atom. The first-order valence-corrected chi connectivity index (χ1v) is 5.05. The third-order valence-electron chi connectivity index (χ3n) is 2.28. The van der Waals surface area contributed by atoms with Crippen molar-refractivity contribution in [3.63, 3.8) is 0 Å². The van der Waals surface area contributed by atoms with Gasteiger partial charge in [0.25, 0.3) is 0 Å². The zero-order chi connectivity index (χ0) is 10.2. The minimum Gasteiger partial charge on any atom is -0.395 e. The van der Waals surface area contributed by atoms with E-state index in [9.17, 15) is 0 Å². The molecule has 0 aliphatic heterocycles. The number of benzene rings is 1. The predicted octanol–water partition coefficient (Wildman–Crippen LogP) is 1.71. The molecule has 0 spiro atoms. The molecule has 2 heteroatoms. The summed E-state index contributed by atoms with van der Waals surface area (Å²) in [7, 11) is 0. The molecule has 1 N–H and O–H groups in total. The fourth-order valence-electron chi connectivity index (χ4n) is 1.42. The average molecular weight is 192 g/mol. The van der Waals surface area contributed by atoms with Crippen LogP contribution in [-0.2, 0) is 6.42 Å². The molecule has 0 heterocycles. The van der Waals surface area contributed by atoms with E-state index < -0.39 is 0 Å². The van der Waals surface area contributed by atoms with Crippen LogP contribution >= 0.6 is 0 Å². The molecule has 14 heavy (non-hydrogen) atoms. The van der Waals surface area contributed by atoms with E-state index in [2.05, 4.69) is 29.2 Å². The van der Waals surface area contributed by atoms with E-state index in [1.54, 1.807) is 0 Å². The highest BCUT2D eigenvalue weighted by Crippen LogP contribution is 2.02. The summed E-state index contributed by atoms with van der Waals surface area (Å²) in [6, 6.07) is 10.4. The Morgan fingerprint density at radius 3 is 2.50 bits per heavy atom. The Kier molecular flexibility index (Phi) is 5.27. The maximum Gasteiger partial charge on any atom is 0.0558 e. The Balaban J connectivity index is 2.32. The molecule has 1 aromatic carbocycles. The predicted molar refractivity (Wildman–Crippen MR) is 58.8 cm³/mol. The fraction of sp³-hybridized carbons (Fsp3) is 0.417. The Morgan fingerprint density at radius 1 is 1.21 bits per heavy atom. The summed E-state index contributed by atoms with van der Waals surface area (Å²) in [4.78, 5) is 2.13. The second-order valence-electron chi connectivity index (χ2n) is 3.25. The fourth-order valence-corrected chi connectivity index (χ4v) is 1.42. The van der Waals surface area contributed by atoms with Gasteiger partial charge in [-0.2, -0.15) is 0 Å². The summed E-state index contributed by atoms with van der Waals surface area (Å²) in [5.74, 6) is 0. The lowest BCUT2D eigenvalue weighted by molar-refractivity contribution is 0.224. The first-order valence-electron chi connectivity index (χ1n) is 5.05. The monoisotopic (exact) mass is 192 g/mol. The van der Waals surface area contributed by atoms with Crippen molar-refractivity contribution in [3.8, 4) is 0 Å². The van der Waals surface area contributed by atoms with Gasteiger partial charge in [-0.3, -0.25) is 4.90 Å². The van der Waals surface area contributed by atoms with Gasteiger partial charge in [0.05, 0.1) is 6.61 Å². The number of rotatable bonds is 6. The standard InChI is InChI=1S/C12H18NO/c1-2-13(10-11-14)9-8-12-6-4-3-5-7-12/h2-7,14H,8-11H2,1H3. The Hall–Kier alpha value is -0.860. The third kappa shape index (κ3) is 3.90. The molecule has 0 atom stereocenters. The van der Waals surface area contributed by atoms with Gasteiger partial charge in [0, 0.05) is 19.6 Å². The van der Waals surface area contributed by atoms with Crippen LogP contribution in [0.15, 0.2) is 30.3 Å². The number of aliphatic hydroxyl groups is 1. The van der Waals surface area contributed by atoms with Crippen molar-refractivity contribution < 1.29 is 5.11 Å². The van der Waals surface area contributed by atoms with Gasteiger partial charge in [-0.15, -0.1) is 0 Å². The van der Waals surface area contributed by atoms with Crippen molar-refractivity contribution >= 4 is 0 Å². The molecule has 0 aromatic heterocycles. The molecular weight excluding hydrogens is 174 g/mol. The van der Waals surface area contributed by atoms with Crippen LogP contribution < -0.4 is 0 Å². The van der Waals surface area contributed by atoms with E-state index in [4.69, 9.17) is 5.11 Å². The minimum absolute atomic E-state index is 0.221. The summed E-state index contributed by atoms with van der Waals surface area (Å²) >= 11 is 0. The van der Waals surface area contributed by atoms with E-state index in [1.807, 2.05) is 19.5 Å². The lowest BCUT2D eigenvalue weighted by Crippen LogP contribution is -2.25. The zero-order valence-electron chi connectivity index (χ0n) is 8.69. The molecule has 2 nitrogen and oxygen atoms in total. The molecule has 0 aliphatic carbocycles. The van der Waals surface area contributed by atoms with Crippen molar-refractivity contribution in [1.82, 2.24) is 4.90 Å². The topological polar surface area (TPSA) is 23.5 Å². The quantitative estimate of drug-likeness (QED) is 0.741. The van der Waals surface area contributed by atoms with Gasteiger partial charge in [0.2, 0.25) is 0 Å². The lowest BCUT2D eigenvalue weighted by atomic mass is 10.1. The molecule has 0 aliphatic rings. The van der Waals surface area contributed by atoms with E-state index in [1.165, 1.54) is 5.56 Å². The van der Waals surface area contributed by atoms with Gasteiger partial charge in [-0.25, -0.2) is 0 Å². The SMILES string of the molecule is C[CH]N(CCO)CCc1ccccc1. The van der Waals surface area contributed by atoms with Crippen LogP contribution in [0.4, 0.5) is 0 Å². The van der Waals surface area contributed by atoms with Gasteiger partial charge < -0.3 is 5.11 Å². The molecule has 0 amide bonds. The van der Waals surface area contributed by atoms with Crippen LogP contribution in [0.2, 0.25) is 0 Å². The van der Waals surface area contributed by atoms with Crippen molar-refractivity contribution in [3.05, 3.63) is 42.4 Å². The molecular formula is C12H18NO. The summed E-state index contributed by atoms with van der Waals surface area (Å²) in [5.41, 5.74) is 1.34. The van der Waals surface area contributed by atoms with Gasteiger partial charge in [-0.05, 0) is 18.9 Å². The van der Waals surface area contributed by atoms with Crippen LogP contribution in [0.5, 0.6) is 0 Å². The number of nitrogens with zero attached hydrogens (tertiary/aromatic N) is 1. The molecule has 0 bridgehead atoms. The first-order chi connectivity index (χ1) is 6.86. The van der Waals surface area contributed by atoms with E-state index in [-0.39, 0.29) is 6.61 Å². The van der Waals surface area contributed by atoms with Crippen LogP contribution in [0.3, 0.4) is 0 Å². The van der Waals surface area contributed by atoms with Crippen LogP contribution in [0.1, 0.15) is 12.5 Å². The number of hydrogen-bond acceptors (Lipinski definition) is 2.